The molecule has 1 aromatic heterocycles. The number of nitrogens with zero attached hydrogens (tertiary/aromatic N) is 2. The Kier molecular flexibility index (Phi) is 3.89. The van der Waals surface area contributed by atoms with E-state index in [0.29, 0.717) is 5.15 Å². The van der Waals surface area contributed by atoms with Crippen molar-refractivity contribution in [3.05, 3.63) is 29.0 Å². The zero-order valence-corrected chi connectivity index (χ0v) is 10.4. The lowest BCUT2D eigenvalue weighted by molar-refractivity contribution is 0.278. The molecule has 1 fully saturated rings. The van der Waals surface area contributed by atoms with Crippen LogP contribution >= 0.6 is 23.4 Å². The van der Waals surface area contributed by atoms with Crippen LogP contribution in [0.5, 0.6) is 0 Å². The maximum atomic E-state index is 6.04. The zero-order valence-electron chi connectivity index (χ0n) is 8.82. The summed E-state index contributed by atoms with van der Waals surface area (Å²) in [5.74, 6) is 1.22. The quantitative estimate of drug-likeness (QED) is 0.742. The first kappa shape index (κ1) is 11.2. The summed E-state index contributed by atoms with van der Waals surface area (Å²) in [7, 11) is 0. The van der Waals surface area contributed by atoms with Gasteiger partial charge in [0.15, 0.2) is 0 Å². The first-order valence-corrected chi connectivity index (χ1v) is 6.62. The molecule has 1 aliphatic heterocycles. The fourth-order valence-corrected chi connectivity index (χ4v) is 3.07. The van der Waals surface area contributed by atoms with Crippen LogP contribution < -0.4 is 0 Å². The SMILES string of the molecule is CC1CN(Cc2cccnc2Cl)CCS1. The van der Waals surface area contributed by atoms with Crippen LogP contribution in [-0.4, -0.2) is 34.0 Å². The van der Waals surface area contributed by atoms with Gasteiger partial charge in [-0.3, -0.25) is 4.90 Å². The van der Waals surface area contributed by atoms with E-state index in [1.807, 2.05) is 17.8 Å². The molecule has 1 saturated heterocycles. The number of aromatic nitrogens is 1. The highest BCUT2D eigenvalue weighted by Gasteiger charge is 2.17. The van der Waals surface area contributed by atoms with Crippen LogP contribution in [0.25, 0.3) is 0 Å². The summed E-state index contributed by atoms with van der Waals surface area (Å²) in [5, 5.41) is 1.37. The average molecular weight is 243 g/mol. The maximum Gasteiger partial charge on any atom is 0.133 e. The summed E-state index contributed by atoms with van der Waals surface area (Å²) in [6.07, 6.45) is 1.74. The van der Waals surface area contributed by atoms with Crippen LogP contribution in [0.2, 0.25) is 5.15 Å². The van der Waals surface area contributed by atoms with Gasteiger partial charge in [0.25, 0.3) is 0 Å². The van der Waals surface area contributed by atoms with Crippen LogP contribution in [0.1, 0.15) is 12.5 Å². The molecule has 1 aliphatic rings. The highest BCUT2D eigenvalue weighted by molar-refractivity contribution is 7.99. The number of hydrogen-bond acceptors (Lipinski definition) is 3. The number of pyridine rings is 1. The Morgan fingerprint density at radius 3 is 3.27 bits per heavy atom. The standard InChI is InChI=1S/C11H15ClN2S/c1-9-7-14(5-6-15-9)8-10-3-2-4-13-11(10)12/h2-4,9H,5-8H2,1H3. The van der Waals surface area contributed by atoms with Gasteiger partial charge in [-0.15, -0.1) is 0 Å². The minimum absolute atomic E-state index is 0.642. The average Bonchev–Trinajstić information content (AvgIpc) is 2.22. The van der Waals surface area contributed by atoms with Crippen molar-refractivity contribution in [2.75, 3.05) is 18.8 Å². The second-order valence-electron chi connectivity index (χ2n) is 3.87. The van der Waals surface area contributed by atoms with E-state index in [4.69, 9.17) is 11.6 Å². The topological polar surface area (TPSA) is 16.1 Å². The molecule has 2 heterocycles. The summed E-state index contributed by atoms with van der Waals surface area (Å²) in [5.41, 5.74) is 1.14. The lowest BCUT2D eigenvalue weighted by Gasteiger charge is -2.30. The van der Waals surface area contributed by atoms with E-state index >= 15 is 0 Å². The largest absolute Gasteiger partial charge is 0.297 e. The third-order valence-corrected chi connectivity index (χ3v) is 4.03. The van der Waals surface area contributed by atoms with Gasteiger partial charge in [-0.1, -0.05) is 24.6 Å². The molecule has 1 unspecified atom stereocenters. The smallest absolute Gasteiger partial charge is 0.133 e. The van der Waals surface area contributed by atoms with E-state index in [2.05, 4.69) is 22.9 Å². The maximum absolute atomic E-state index is 6.04. The van der Waals surface area contributed by atoms with Crippen LogP contribution in [0.4, 0.5) is 0 Å². The van der Waals surface area contributed by atoms with Crippen LogP contribution in [0, 0.1) is 0 Å². The van der Waals surface area contributed by atoms with E-state index in [1.54, 1.807) is 6.20 Å². The van der Waals surface area contributed by atoms with Gasteiger partial charge < -0.3 is 0 Å². The van der Waals surface area contributed by atoms with Gasteiger partial charge in [-0.25, -0.2) is 4.98 Å². The molecule has 2 rings (SSSR count). The Hall–Kier alpha value is -0.250. The summed E-state index contributed by atoms with van der Waals surface area (Å²) < 4.78 is 0. The first-order chi connectivity index (χ1) is 7.25. The molecule has 0 radical (unpaired) electrons. The van der Waals surface area contributed by atoms with Gasteiger partial charge in [0.1, 0.15) is 5.15 Å². The summed E-state index contributed by atoms with van der Waals surface area (Å²) >= 11 is 8.08. The highest BCUT2D eigenvalue weighted by Crippen LogP contribution is 2.21. The molecule has 82 valence electrons. The van der Waals surface area contributed by atoms with Gasteiger partial charge in [0.05, 0.1) is 0 Å². The number of rotatable bonds is 2. The van der Waals surface area contributed by atoms with E-state index in [-0.39, 0.29) is 0 Å². The molecule has 0 aromatic carbocycles. The minimum atomic E-state index is 0.642. The summed E-state index contributed by atoms with van der Waals surface area (Å²) in [6.45, 7) is 5.51. The van der Waals surface area contributed by atoms with Crippen molar-refractivity contribution < 1.29 is 0 Å². The number of thioether (sulfide) groups is 1. The molecular weight excluding hydrogens is 228 g/mol. The Balaban J connectivity index is 1.99. The van der Waals surface area contributed by atoms with Crippen molar-refractivity contribution in [1.82, 2.24) is 9.88 Å². The third kappa shape index (κ3) is 3.10. The Labute approximate surface area is 100 Å². The molecular formula is C11H15ClN2S. The van der Waals surface area contributed by atoms with Crippen molar-refractivity contribution >= 4 is 23.4 Å². The lowest BCUT2D eigenvalue weighted by Crippen LogP contribution is -2.36. The second-order valence-corrected chi connectivity index (χ2v) is 5.77. The van der Waals surface area contributed by atoms with Crippen molar-refractivity contribution in [2.24, 2.45) is 0 Å². The minimum Gasteiger partial charge on any atom is -0.297 e. The number of halogens is 1. The Bertz CT molecular complexity index is 332. The Morgan fingerprint density at radius 2 is 2.53 bits per heavy atom. The van der Waals surface area contributed by atoms with Crippen LogP contribution in [0.15, 0.2) is 18.3 Å². The molecule has 1 atom stereocenters. The predicted octanol–water partition coefficient (Wildman–Crippen LogP) is 2.67. The molecule has 0 spiro atoms. The molecule has 15 heavy (non-hydrogen) atoms. The van der Waals surface area contributed by atoms with Crippen molar-refractivity contribution in [1.29, 1.82) is 0 Å². The second kappa shape index (κ2) is 5.19. The van der Waals surface area contributed by atoms with Gasteiger partial charge in [0.2, 0.25) is 0 Å². The molecule has 0 amide bonds. The van der Waals surface area contributed by atoms with Crippen molar-refractivity contribution in [2.45, 2.75) is 18.7 Å². The van der Waals surface area contributed by atoms with E-state index in [0.717, 1.165) is 30.4 Å². The van der Waals surface area contributed by atoms with Crippen molar-refractivity contribution in [3.8, 4) is 0 Å². The van der Waals surface area contributed by atoms with E-state index < -0.39 is 0 Å². The predicted molar refractivity (Wildman–Crippen MR) is 66.4 cm³/mol. The molecule has 0 bridgehead atoms. The molecule has 4 heteroatoms. The van der Waals surface area contributed by atoms with Crippen LogP contribution in [-0.2, 0) is 6.54 Å². The van der Waals surface area contributed by atoms with Gasteiger partial charge in [-0.05, 0) is 6.07 Å². The molecule has 0 aliphatic carbocycles. The fourth-order valence-electron chi connectivity index (χ4n) is 1.81. The summed E-state index contributed by atoms with van der Waals surface area (Å²) in [4.78, 5) is 6.55. The first-order valence-electron chi connectivity index (χ1n) is 5.19. The number of hydrogen-bond donors (Lipinski definition) is 0. The molecule has 2 nitrogen and oxygen atoms in total. The van der Waals surface area contributed by atoms with Crippen molar-refractivity contribution in [3.63, 3.8) is 0 Å². The summed E-state index contributed by atoms with van der Waals surface area (Å²) in [6, 6.07) is 4.01. The lowest BCUT2D eigenvalue weighted by atomic mass is 10.2. The fraction of sp³-hybridized carbons (Fsp3) is 0.545. The normalized spacial score (nSPS) is 22.9. The van der Waals surface area contributed by atoms with Gasteiger partial charge >= 0.3 is 0 Å². The van der Waals surface area contributed by atoms with E-state index in [1.165, 1.54) is 5.75 Å². The van der Waals surface area contributed by atoms with E-state index in [9.17, 15) is 0 Å². The molecule has 0 saturated carbocycles. The third-order valence-electron chi connectivity index (χ3n) is 2.56. The van der Waals surface area contributed by atoms with Gasteiger partial charge in [-0.2, -0.15) is 11.8 Å². The highest BCUT2D eigenvalue weighted by atomic mass is 35.5. The molecule has 0 N–H and O–H groups in total. The Morgan fingerprint density at radius 1 is 1.67 bits per heavy atom. The monoisotopic (exact) mass is 242 g/mol. The molecule has 1 aromatic rings. The van der Waals surface area contributed by atoms with Crippen LogP contribution in [0.3, 0.4) is 0 Å². The zero-order chi connectivity index (χ0) is 10.7. The van der Waals surface area contributed by atoms with Gasteiger partial charge in [0, 0.05) is 42.4 Å².